The van der Waals surface area contributed by atoms with Crippen LogP contribution in [0.2, 0.25) is 6.32 Å². The second-order valence-electron chi connectivity index (χ2n) is 3.66. The van der Waals surface area contributed by atoms with E-state index in [2.05, 4.69) is 23.8 Å². The second kappa shape index (κ2) is 4.15. The van der Waals surface area contributed by atoms with Gasteiger partial charge in [-0.15, -0.1) is 11.3 Å². The van der Waals surface area contributed by atoms with Gasteiger partial charge in [0.15, 0.2) is 11.5 Å². The van der Waals surface area contributed by atoms with Crippen molar-refractivity contribution in [3.8, 4) is 11.5 Å². The lowest BCUT2D eigenvalue weighted by atomic mass is 9.79. The Labute approximate surface area is 97.1 Å². The van der Waals surface area contributed by atoms with E-state index in [-0.39, 0.29) is 5.41 Å². The van der Waals surface area contributed by atoms with Crippen molar-refractivity contribution in [2.24, 2.45) is 5.41 Å². The number of ether oxygens (including phenoxy) is 2. The van der Waals surface area contributed by atoms with Crippen LogP contribution in [-0.2, 0) is 0 Å². The molecule has 1 aromatic heterocycles. The smallest absolute Gasteiger partial charge is 0.171 e. The van der Waals surface area contributed by atoms with Gasteiger partial charge in [-0.3, -0.25) is 0 Å². The lowest BCUT2D eigenvalue weighted by Gasteiger charge is -2.27. The number of hydrogen-bond donors (Lipinski definition) is 0. The van der Waals surface area contributed by atoms with E-state index in [0.717, 1.165) is 36.4 Å². The summed E-state index contributed by atoms with van der Waals surface area (Å²) in [5.41, 5.74) is 0.122. The van der Waals surface area contributed by atoms with Crippen molar-refractivity contribution in [3.05, 3.63) is 10.8 Å². The molecule has 0 unspecified atom stereocenters. The maximum atomic E-state index is 5.74. The van der Waals surface area contributed by atoms with Crippen molar-refractivity contribution in [2.45, 2.75) is 6.32 Å². The molecule has 2 rings (SSSR count). The summed E-state index contributed by atoms with van der Waals surface area (Å²) in [5, 5.41) is 4.91. The fraction of sp³-hybridized carbons (Fsp3) is 0.556. The number of alkyl halides is 1. The third-order valence-corrected chi connectivity index (χ3v) is 4.58. The van der Waals surface area contributed by atoms with E-state index in [1.807, 2.05) is 10.8 Å². The Kier molecular flexibility index (Phi) is 3.07. The van der Waals surface area contributed by atoms with Gasteiger partial charge in [0.25, 0.3) is 0 Å². The quantitative estimate of drug-likeness (QED) is 0.606. The largest absolute Gasteiger partial charge is 0.488 e. The topological polar surface area (TPSA) is 18.5 Å². The predicted molar refractivity (Wildman–Crippen MR) is 64.9 cm³/mol. The molecule has 0 saturated carbocycles. The molecule has 0 saturated heterocycles. The average molecular weight is 275 g/mol. The molecule has 14 heavy (non-hydrogen) atoms. The minimum atomic E-state index is 0.122. The van der Waals surface area contributed by atoms with Crippen LogP contribution in [0.15, 0.2) is 10.8 Å². The van der Waals surface area contributed by atoms with Crippen LogP contribution in [0.5, 0.6) is 11.5 Å². The molecular weight excluding hydrogens is 263 g/mol. The lowest BCUT2D eigenvalue weighted by molar-refractivity contribution is 0.146. The van der Waals surface area contributed by atoms with Gasteiger partial charge in [0, 0.05) is 21.5 Å². The van der Waals surface area contributed by atoms with Crippen molar-refractivity contribution in [3.63, 3.8) is 0 Å². The molecule has 0 aromatic carbocycles. The van der Waals surface area contributed by atoms with Gasteiger partial charge in [-0.25, -0.2) is 0 Å². The molecule has 1 aromatic rings. The number of rotatable bonds is 2. The SMILES string of the molecule is BCC1(CBr)COc2cscc2OC1. The van der Waals surface area contributed by atoms with E-state index < -0.39 is 0 Å². The van der Waals surface area contributed by atoms with E-state index in [0.29, 0.717) is 0 Å². The maximum absolute atomic E-state index is 5.74. The van der Waals surface area contributed by atoms with Crippen molar-refractivity contribution >= 4 is 35.1 Å². The Morgan fingerprint density at radius 2 is 1.93 bits per heavy atom. The van der Waals surface area contributed by atoms with Gasteiger partial charge < -0.3 is 9.47 Å². The third kappa shape index (κ3) is 1.80. The Hall–Kier alpha value is -0.155. The summed E-state index contributed by atoms with van der Waals surface area (Å²) in [6.45, 7) is 1.47. The van der Waals surface area contributed by atoms with Crippen molar-refractivity contribution in [2.75, 3.05) is 18.5 Å². The minimum absolute atomic E-state index is 0.122. The first-order valence-corrected chi connectivity index (χ1v) is 6.74. The molecule has 1 aliphatic rings. The summed E-state index contributed by atoms with van der Waals surface area (Å²) in [7, 11) is 2.17. The molecule has 5 heteroatoms. The highest BCUT2D eigenvalue weighted by Gasteiger charge is 2.32. The van der Waals surface area contributed by atoms with Gasteiger partial charge in [0.1, 0.15) is 7.85 Å². The van der Waals surface area contributed by atoms with Gasteiger partial charge in [-0.1, -0.05) is 22.3 Å². The summed E-state index contributed by atoms with van der Waals surface area (Å²) in [6.07, 6.45) is 1.06. The van der Waals surface area contributed by atoms with Gasteiger partial charge in [-0.05, 0) is 0 Å². The molecule has 0 spiro atoms. The summed E-state index contributed by atoms with van der Waals surface area (Å²) in [4.78, 5) is 0. The van der Waals surface area contributed by atoms with Crippen LogP contribution in [0.25, 0.3) is 0 Å². The molecule has 0 radical (unpaired) electrons. The van der Waals surface area contributed by atoms with Crippen molar-refractivity contribution in [1.29, 1.82) is 0 Å². The van der Waals surface area contributed by atoms with Crippen LogP contribution < -0.4 is 9.47 Å². The first kappa shape index (κ1) is 10.4. The van der Waals surface area contributed by atoms with Crippen LogP contribution in [0, 0.1) is 5.41 Å². The Bertz CT molecular complexity index is 287. The van der Waals surface area contributed by atoms with Gasteiger partial charge in [0.2, 0.25) is 0 Å². The zero-order valence-corrected chi connectivity index (χ0v) is 10.5. The van der Waals surface area contributed by atoms with E-state index in [9.17, 15) is 0 Å². The Balaban J connectivity index is 2.16. The highest BCUT2D eigenvalue weighted by atomic mass is 79.9. The zero-order valence-electron chi connectivity index (χ0n) is 8.09. The van der Waals surface area contributed by atoms with Gasteiger partial charge in [0.05, 0.1) is 13.2 Å². The van der Waals surface area contributed by atoms with Gasteiger partial charge in [-0.2, -0.15) is 0 Å². The molecule has 0 aliphatic carbocycles. The molecule has 2 heterocycles. The monoisotopic (exact) mass is 274 g/mol. The zero-order chi connectivity index (χ0) is 10.0. The van der Waals surface area contributed by atoms with E-state index in [1.54, 1.807) is 11.3 Å². The minimum Gasteiger partial charge on any atom is -0.488 e. The second-order valence-corrected chi connectivity index (χ2v) is 4.97. The average Bonchev–Trinajstić information content (AvgIpc) is 2.61. The molecule has 0 atom stereocenters. The summed E-state index contributed by atoms with van der Waals surface area (Å²) in [6, 6.07) is 0. The number of thiophene rings is 1. The molecular formula is C9H12BBrO2S. The fourth-order valence-electron chi connectivity index (χ4n) is 1.36. The number of fused-ring (bicyclic) bond motifs is 1. The first-order chi connectivity index (χ1) is 6.79. The fourth-order valence-corrected chi connectivity index (χ4v) is 2.77. The van der Waals surface area contributed by atoms with Crippen LogP contribution in [0.4, 0.5) is 0 Å². The Morgan fingerprint density at radius 1 is 1.36 bits per heavy atom. The number of halogens is 1. The first-order valence-electron chi connectivity index (χ1n) is 4.67. The molecule has 0 N–H and O–H groups in total. The molecule has 1 aliphatic heterocycles. The van der Waals surface area contributed by atoms with E-state index in [4.69, 9.17) is 9.47 Å². The third-order valence-electron chi connectivity index (χ3n) is 2.69. The van der Waals surface area contributed by atoms with Crippen molar-refractivity contribution in [1.82, 2.24) is 0 Å². The number of hydrogen-bond acceptors (Lipinski definition) is 3. The highest BCUT2D eigenvalue weighted by molar-refractivity contribution is 9.09. The molecule has 2 nitrogen and oxygen atoms in total. The predicted octanol–water partition coefficient (Wildman–Crippen LogP) is 1.95. The van der Waals surface area contributed by atoms with Crippen LogP contribution in [-0.4, -0.2) is 26.4 Å². The molecule has 0 amide bonds. The van der Waals surface area contributed by atoms with E-state index in [1.165, 1.54) is 0 Å². The summed E-state index contributed by atoms with van der Waals surface area (Å²) < 4.78 is 11.5. The maximum Gasteiger partial charge on any atom is 0.171 e. The van der Waals surface area contributed by atoms with Crippen LogP contribution in [0.1, 0.15) is 0 Å². The van der Waals surface area contributed by atoms with Gasteiger partial charge >= 0.3 is 0 Å². The normalized spacial score (nSPS) is 18.9. The highest BCUT2D eigenvalue weighted by Crippen LogP contribution is 2.38. The molecule has 76 valence electrons. The molecule has 0 bridgehead atoms. The summed E-state index contributed by atoms with van der Waals surface area (Å²) >= 11 is 5.16. The standard InChI is InChI=1S/C9H12BBrO2S/c10-3-9(4-11)5-12-7-1-14-2-8(7)13-6-9/h1-2H,3-6,10H2. The van der Waals surface area contributed by atoms with E-state index >= 15 is 0 Å². The Morgan fingerprint density at radius 3 is 2.36 bits per heavy atom. The van der Waals surface area contributed by atoms with Crippen LogP contribution in [0.3, 0.4) is 0 Å². The summed E-state index contributed by atoms with van der Waals surface area (Å²) in [5.74, 6) is 1.79. The van der Waals surface area contributed by atoms with Crippen molar-refractivity contribution < 1.29 is 9.47 Å². The molecule has 0 fully saturated rings. The lowest BCUT2D eigenvalue weighted by Crippen LogP contribution is -2.34. The van der Waals surface area contributed by atoms with Crippen LogP contribution >= 0.6 is 27.3 Å².